The minimum Gasteiger partial charge on any atom is -0.477 e. The van der Waals surface area contributed by atoms with E-state index in [1.54, 1.807) is 43.3 Å². The van der Waals surface area contributed by atoms with E-state index >= 15 is 0 Å². The van der Waals surface area contributed by atoms with Gasteiger partial charge in [-0.25, -0.2) is 14.9 Å². The number of para-hydroxylation sites is 3. The molecule has 0 aliphatic carbocycles. The van der Waals surface area contributed by atoms with Gasteiger partial charge in [-0.1, -0.05) is 42.1 Å². The first-order valence-corrected chi connectivity index (χ1v) is 16.0. The molecule has 15 nitrogen and oxygen atoms in total. The van der Waals surface area contributed by atoms with E-state index in [0.717, 1.165) is 16.7 Å². The van der Waals surface area contributed by atoms with E-state index in [9.17, 15) is 33.9 Å². The number of hydrogen-bond donors (Lipinski definition) is 5. The number of nitrogens with zero attached hydrogens (tertiary/aromatic N) is 4. The van der Waals surface area contributed by atoms with E-state index in [-0.39, 0.29) is 41.1 Å². The van der Waals surface area contributed by atoms with Crippen molar-refractivity contribution in [1.82, 2.24) is 34.9 Å². The topological polar surface area (TPSA) is 212 Å². The van der Waals surface area contributed by atoms with Crippen LogP contribution in [-0.2, 0) is 27.3 Å². The molecule has 1 saturated heterocycles. The second kappa shape index (κ2) is 12.7. The van der Waals surface area contributed by atoms with Crippen LogP contribution in [0, 0.1) is 0 Å². The number of fused-ring (bicyclic) bond motifs is 2. The van der Waals surface area contributed by atoms with E-state index in [0.29, 0.717) is 27.9 Å². The van der Waals surface area contributed by atoms with E-state index in [1.165, 1.54) is 16.3 Å². The van der Waals surface area contributed by atoms with Crippen molar-refractivity contribution in [3.63, 3.8) is 0 Å². The van der Waals surface area contributed by atoms with Gasteiger partial charge in [-0.3, -0.25) is 33.4 Å². The molecule has 46 heavy (non-hydrogen) atoms. The number of β-lactam (4-membered cyclic amide) rings is 1. The average molecular weight is 663 g/mol. The Morgan fingerprint density at radius 2 is 1.87 bits per heavy atom. The maximum atomic E-state index is 13.2. The summed E-state index contributed by atoms with van der Waals surface area (Å²) >= 11 is 2.38. The number of nitrogens with one attached hydrogen (secondary N) is 4. The summed E-state index contributed by atoms with van der Waals surface area (Å²) in [5.41, 5.74) is 0.896. The Kier molecular flexibility index (Phi) is 8.50. The molecule has 1 fully saturated rings. The predicted octanol–water partition coefficient (Wildman–Crippen LogP) is 1.15. The van der Waals surface area contributed by atoms with Gasteiger partial charge in [0.05, 0.1) is 17.5 Å². The molecule has 6 rings (SSSR count). The fraction of sp³-hybridized carbons (Fsp3) is 0.241. The standard InChI is InChI=1S/C29H26N8O7S2/c1-2-36-26(42)24(40)34-35-29(36)46-13-15-12-45-27-20(25(41)37(27)21(15)28(43)44)33-19(38)11-14-7-3-4-8-16(14)32-23(39)22-30-17-9-5-6-10-18(17)31-22/h3-10,20,27H,2,11-13H2,1H3,(H,30,31)(H,32,39)(H,33,38)(H,34,40)(H,43,44)/t20?,27-/m1/s1. The van der Waals surface area contributed by atoms with Crippen molar-refractivity contribution in [2.45, 2.75) is 36.5 Å². The highest BCUT2D eigenvalue weighted by molar-refractivity contribution is 8.01. The number of aromatic nitrogens is 5. The first kappa shape index (κ1) is 30.8. The third-order valence-electron chi connectivity index (χ3n) is 7.40. The summed E-state index contributed by atoms with van der Waals surface area (Å²) in [6.07, 6.45) is -0.146. The number of thioether (sulfide) groups is 2. The number of rotatable bonds is 10. The molecule has 17 heteroatoms. The zero-order valence-electron chi connectivity index (χ0n) is 24.1. The normalized spacial score (nSPS) is 17.4. The van der Waals surface area contributed by atoms with Gasteiger partial charge in [0.15, 0.2) is 11.0 Å². The van der Waals surface area contributed by atoms with Crippen LogP contribution in [0.1, 0.15) is 23.1 Å². The molecule has 1 unspecified atom stereocenters. The van der Waals surface area contributed by atoms with Crippen molar-refractivity contribution >= 4 is 63.9 Å². The molecule has 4 heterocycles. The average Bonchev–Trinajstić information content (AvgIpc) is 3.49. The van der Waals surface area contributed by atoms with Crippen LogP contribution >= 0.6 is 23.5 Å². The quantitative estimate of drug-likeness (QED) is 0.0923. The maximum absolute atomic E-state index is 13.2. The SMILES string of the molecule is CCn1c(SCC2=C(C(=O)O)N3C(=O)C(NC(=O)Cc4ccccc4NC(=O)c4nc5ccccc5[nH]4)[C@H]3SC2)n[nH]c(=O)c1=O. The number of aliphatic carboxylic acids is 1. The van der Waals surface area contributed by atoms with Crippen LogP contribution in [0.3, 0.4) is 0 Å². The molecule has 236 valence electrons. The molecule has 2 atom stereocenters. The number of imidazole rings is 1. The molecule has 0 radical (unpaired) electrons. The van der Waals surface area contributed by atoms with Crippen molar-refractivity contribution in [1.29, 1.82) is 0 Å². The fourth-order valence-corrected chi connectivity index (χ4v) is 7.68. The van der Waals surface area contributed by atoms with Gasteiger partial charge < -0.3 is 20.7 Å². The Hall–Kier alpha value is -5.16. The van der Waals surface area contributed by atoms with Crippen LogP contribution in [0.4, 0.5) is 5.69 Å². The lowest BCUT2D eigenvalue weighted by Gasteiger charge is -2.49. The molecule has 3 amide bonds. The summed E-state index contributed by atoms with van der Waals surface area (Å²) in [5.74, 6) is -2.34. The van der Waals surface area contributed by atoms with Crippen LogP contribution in [0.25, 0.3) is 11.0 Å². The molecule has 2 aromatic carbocycles. The summed E-state index contributed by atoms with van der Waals surface area (Å²) in [5, 5.41) is 21.1. The molecular weight excluding hydrogens is 637 g/mol. The third-order valence-corrected chi connectivity index (χ3v) is 9.80. The first-order chi connectivity index (χ1) is 22.2. The summed E-state index contributed by atoms with van der Waals surface area (Å²) < 4.78 is 1.19. The number of hydrogen-bond acceptors (Lipinski definition) is 10. The predicted molar refractivity (Wildman–Crippen MR) is 169 cm³/mol. The highest BCUT2D eigenvalue weighted by atomic mass is 32.2. The summed E-state index contributed by atoms with van der Waals surface area (Å²) in [6.45, 7) is 1.88. The van der Waals surface area contributed by atoms with Crippen LogP contribution in [-0.4, -0.2) is 81.4 Å². The Morgan fingerprint density at radius 1 is 1.11 bits per heavy atom. The Labute approximate surface area is 267 Å². The number of amides is 3. The zero-order chi connectivity index (χ0) is 32.5. The first-order valence-electron chi connectivity index (χ1n) is 14.0. The Balaban J connectivity index is 1.12. The molecule has 4 aromatic rings. The molecule has 2 aliphatic heterocycles. The second-order valence-corrected chi connectivity index (χ2v) is 12.3. The van der Waals surface area contributed by atoms with Crippen LogP contribution in [0.15, 0.2) is 74.5 Å². The van der Waals surface area contributed by atoms with Crippen molar-refractivity contribution < 1.29 is 24.3 Å². The maximum Gasteiger partial charge on any atom is 0.352 e. The van der Waals surface area contributed by atoms with E-state index in [1.807, 2.05) is 12.1 Å². The van der Waals surface area contributed by atoms with Crippen LogP contribution in [0.2, 0.25) is 0 Å². The lowest BCUT2D eigenvalue weighted by molar-refractivity contribution is -0.150. The van der Waals surface area contributed by atoms with Crippen molar-refractivity contribution in [2.75, 3.05) is 16.8 Å². The van der Waals surface area contributed by atoms with Gasteiger partial charge in [0.25, 0.3) is 11.8 Å². The van der Waals surface area contributed by atoms with Crippen molar-refractivity contribution in [2.24, 2.45) is 0 Å². The zero-order valence-corrected chi connectivity index (χ0v) is 25.7. The molecule has 2 aliphatic rings. The number of carboxylic acid groups (broad SMARTS) is 1. The van der Waals surface area contributed by atoms with Gasteiger partial charge in [0.2, 0.25) is 5.91 Å². The minimum absolute atomic E-state index is 0.108. The second-order valence-electron chi connectivity index (χ2n) is 10.3. The van der Waals surface area contributed by atoms with Gasteiger partial charge in [-0.15, -0.1) is 16.9 Å². The van der Waals surface area contributed by atoms with Crippen molar-refractivity contribution in [3.8, 4) is 0 Å². The number of carbonyl (C=O) groups is 4. The van der Waals surface area contributed by atoms with Gasteiger partial charge in [0, 0.05) is 23.7 Å². The summed E-state index contributed by atoms with van der Waals surface area (Å²) in [6, 6.07) is 13.1. The van der Waals surface area contributed by atoms with Gasteiger partial charge in [0.1, 0.15) is 17.1 Å². The summed E-state index contributed by atoms with van der Waals surface area (Å²) in [7, 11) is 0. The minimum atomic E-state index is -1.30. The van der Waals surface area contributed by atoms with E-state index < -0.39 is 46.2 Å². The van der Waals surface area contributed by atoms with Crippen LogP contribution in [0.5, 0.6) is 0 Å². The third kappa shape index (κ3) is 5.81. The van der Waals surface area contributed by atoms with Gasteiger partial charge >= 0.3 is 17.1 Å². The molecule has 0 spiro atoms. The summed E-state index contributed by atoms with van der Waals surface area (Å²) in [4.78, 5) is 83.6. The van der Waals surface area contributed by atoms with Crippen LogP contribution < -0.4 is 21.8 Å². The lowest BCUT2D eigenvalue weighted by atomic mass is 10.0. The number of benzene rings is 2. The number of aromatic amines is 2. The van der Waals surface area contributed by atoms with Gasteiger partial charge in [-0.2, -0.15) is 0 Å². The number of H-pyrrole nitrogens is 2. The molecule has 0 saturated carbocycles. The number of carbonyl (C=O) groups excluding carboxylic acids is 3. The molecule has 5 N–H and O–H groups in total. The number of anilines is 1. The highest BCUT2D eigenvalue weighted by Crippen LogP contribution is 2.41. The molecule has 0 bridgehead atoms. The fourth-order valence-electron chi connectivity index (χ4n) is 5.19. The Bertz CT molecular complexity index is 2020. The lowest BCUT2D eigenvalue weighted by Crippen LogP contribution is -2.70. The largest absolute Gasteiger partial charge is 0.477 e. The van der Waals surface area contributed by atoms with E-state index in [2.05, 4.69) is 30.8 Å². The van der Waals surface area contributed by atoms with E-state index in [4.69, 9.17) is 0 Å². The Morgan fingerprint density at radius 3 is 2.63 bits per heavy atom. The van der Waals surface area contributed by atoms with Crippen molar-refractivity contribution in [3.05, 3.63) is 91.9 Å². The molecule has 2 aromatic heterocycles. The van der Waals surface area contributed by atoms with Gasteiger partial charge in [-0.05, 0) is 36.3 Å². The monoisotopic (exact) mass is 662 g/mol. The number of carboxylic acids is 1. The molecular formula is C29H26N8O7S2. The smallest absolute Gasteiger partial charge is 0.352 e. The highest BCUT2D eigenvalue weighted by Gasteiger charge is 2.54.